The minimum Gasteiger partial charge on any atom is -0.493 e. The molecule has 0 fully saturated rings. The van der Waals surface area contributed by atoms with E-state index in [9.17, 15) is 4.39 Å². The summed E-state index contributed by atoms with van der Waals surface area (Å²) in [6.07, 6.45) is 1.67. The highest BCUT2D eigenvalue weighted by Crippen LogP contribution is 2.28. The number of nitrogens with one attached hydrogen (secondary N) is 2. The summed E-state index contributed by atoms with van der Waals surface area (Å²) in [6, 6.07) is 12.5. The minimum absolute atomic E-state index is 0.213. The average molecular weight is 373 g/mol. The van der Waals surface area contributed by atoms with Gasteiger partial charge in [-0.3, -0.25) is 4.99 Å². The van der Waals surface area contributed by atoms with Crippen molar-refractivity contribution in [3.05, 3.63) is 59.4 Å². The van der Waals surface area contributed by atoms with E-state index in [1.165, 1.54) is 6.07 Å². The molecule has 5 nitrogen and oxygen atoms in total. The molecule has 0 bridgehead atoms. The highest BCUT2D eigenvalue weighted by atomic mass is 19.1. The molecule has 146 valence electrons. The van der Waals surface area contributed by atoms with Crippen molar-refractivity contribution in [1.29, 1.82) is 0 Å². The summed E-state index contributed by atoms with van der Waals surface area (Å²) in [4.78, 5) is 4.22. The Morgan fingerprint density at radius 2 is 1.93 bits per heavy atom. The van der Waals surface area contributed by atoms with E-state index in [4.69, 9.17) is 9.47 Å². The Hall–Kier alpha value is -2.76. The Morgan fingerprint density at radius 3 is 2.63 bits per heavy atom. The third-order valence-electron chi connectivity index (χ3n) is 3.97. The molecule has 0 aromatic heterocycles. The number of benzene rings is 2. The minimum atomic E-state index is -0.213. The quantitative estimate of drug-likeness (QED) is 0.522. The second kappa shape index (κ2) is 11.1. The van der Waals surface area contributed by atoms with E-state index in [-0.39, 0.29) is 5.82 Å². The molecule has 0 atom stereocenters. The lowest BCUT2D eigenvalue weighted by Crippen LogP contribution is -2.37. The Balaban J connectivity index is 1.84. The Kier molecular flexibility index (Phi) is 8.42. The average Bonchev–Trinajstić information content (AvgIpc) is 2.69. The van der Waals surface area contributed by atoms with E-state index in [1.54, 1.807) is 26.3 Å². The van der Waals surface area contributed by atoms with E-state index < -0.39 is 0 Å². The summed E-state index contributed by atoms with van der Waals surface area (Å²) >= 11 is 0. The van der Waals surface area contributed by atoms with Gasteiger partial charge >= 0.3 is 0 Å². The molecule has 27 heavy (non-hydrogen) atoms. The monoisotopic (exact) mass is 373 g/mol. The molecule has 0 aliphatic carbocycles. The van der Waals surface area contributed by atoms with E-state index in [1.807, 2.05) is 24.3 Å². The van der Waals surface area contributed by atoms with Gasteiger partial charge in [0.15, 0.2) is 17.5 Å². The number of nitrogens with zero attached hydrogens (tertiary/aromatic N) is 1. The molecule has 0 aliphatic heterocycles. The van der Waals surface area contributed by atoms with Crippen LogP contribution in [0.2, 0.25) is 0 Å². The first-order valence-electron chi connectivity index (χ1n) is 9.15. The fourth-order valence-electron chi connectivity index (χ4n) is 2.58. The summed E-state index contributed by atoms with van der Waals surface area (Å²) in [5.41, 5.74) is 2.01. The normalized spacial score (nSPS) is 11.2. The predicted molar refractivity (Wildman–Crippen MR) is 107 cm³/mol. The van der Waals surface area contributed by atoms with Crippen molar-refractivity contribution in [3.8, 4) is 11.5 Å². The first kappa shape index (κ1) is 20.6. The summed E-state index contributed by atoms with van der Waals surface area (Å²) in [5.74, 6) is 1.95. The molecule has 0 unspecified atom stereocenters. The van der Waals surface area contributed by atoms with E-state index in [2.05, 4.69) is 22.5 Å². The van der Waals surface area contributed by atoms with Crippen molar-refractivity contribution in [2.45, 2.75) is 26.3 Å². The van der Waals surface area contributed by atoms with E-state index in [0.717, 1.165) is 35.5 Å². The predicted octanol–water partition coefficient (Wildman–Crippen LogP) is 3.53. The molecule has 0 spiro atoms. The van der Waals surface area contributed by atoms with Gasteiger partial charge < -0.3 is 20.1 Å². The number of aliphatic imine (C=N–C) groups is 1. The van der Waals surface area contributed by atoms with Crippen LogP contribution in [-0.2, 0) is 13.0 Å². The van der Waals surface area contributed by atoms with Crippen molar-refractivity contribution in [1.82, 2.24) is 10.6 Å². The maximum Gasteiger partial charge on any atom is 0.191 e. The zero-order valence-electron chi connectivity index (χ0n) is 16.2. The Labute approximate surface area is 160 Å². The molecule has 0 amide bonds. The van der Waals surface area contributed by atoms with Gasteiger partial charge in [0.25, 0.3) is 0 Å². The van der Waals surface area contributed by atoms with Gasteiger partial charge in [-0.1, -0.05) is 25.1 Å². The van der Waals surface area contributed by atoms with Crippen LogP contribution in [0, 0.1) is 5.82 Å². The van der Waals surface area contributed by atoms with Crippen LogP contribution in [0.3, 0.4) is 0 Å². The van der Waals surface area contributed by atoms with Crippen molar-refractivity contribution in [3.63, 3.8) is 0 Å². The van der Waals surface area contributed by atoms with Gasteiger partial charge in [-0.05, 0) is 48.2 Å². The zero-order valence-corrected chi connectivity index (χ0v) is 16.2. The third kappa shape index (κ3) is 6.81. The van der Waals surface area contributed by atoms with Crippen molar-refractivity contribution in [2.24, 2.45) is 4.99 Å². The lowest BCUT2D eigenvalue weighted by Gasteiger charge is -2.14. The van der Waals surface area contributed by atoms with Gasteiger partial charge in [-0.15, -0.1) is 0 Å². The second-order valence-corrected chi connectivity index (χ2v) is 6.07. The van der Waals surface area contributed by atoms with Gasteiger partial charge in [-0.25, -0.2) is 4.39 Å². The number of hydrogen-bond acceptors (Lipinski definition) is 3. The maximum atomic E-state index is 13.2. The molecule has 0 radical (unpaired) electrons. The first-order chi connectivity index (χ1) is 13.2. The van der Waals surface area contributed by atoms with Crippen LogP contribution in [0.5, 0.6) is 11.5 Å². The van der Waals surface area contributed by atoms with Crippen LogP contribution < -0.4 is 20.1 Å². The number of rotatable bonds is 9. The number of guanidine groups is 1. The lowest BCUT2D eigenvalue weighted by atomic mass is 10.1. The van der Waals surface area contributed by atoms with Gasteiger partial charge in [0.05, 0.1) is 13.7 Å². The fourth-order valence-corrected chi connectivity index (χ4v) is 2.58. The van der Waals surface area contributed by atoms with Gasteiger partial charge in [0, 0.05) is 20.1 Å². The molecule has 6 heteroatoms. The molecule has 0 saturated carbocycles. The number of hydrogen-bond donors (Lipinski definition) is 2. The number of halogens is 1. The summed E-state index contributed by atoms with van der Waals surface area (Å²) in [5, 5.41) is 6.50. The number of ether oxygens (including phenoxy) is 2. The third-order valence-corrected chi connectivity index (χ3v) is 3.97. The van der Waals surface area contributed by atoms with Crippen LogP contribution in [0.25, 0.3) is 0 Å². The van der Waals surface area contributed by atoms with Crippen LogP contribution in [0.4, 0.5) is 4.39 Å². The standard InChI is InChI=1S/C21H28FN3O2/c1-4-12-27-19-9-8-17(14-20(19)26-3)15-25-21(23-2)24-11-10-16-6-5-7-18(22)13-16/h5-9,13-14H,4,10-12,15H2,1-3H3,(H2,23,24,25). The molecular formula is C21H28FN3O2. The molecule has 0 aliphatic rings. The molecule has 2 aromatic rings. The van der Waals surface area contributed by atoms with Crippen LogP contribution in [-0.4, -0.2) is 33.3 Å². The topological polar surface area (TPSA) is 54.9 Å². The van der Waals surface area contributed by atoms with E-state index in [0.29, 0.717) is 25.7 Å². The summed E-state index contributed by atoms with van der Waals surface area (Å²) < 4.78 is 24.3. The van der Waals surface area contributed by atoms with Gasteiger partial charge in [0.2, 0.25) is 0 Å². The first-order valence-corrected chi connectivity index (χ1v) is 9.15. The molecule has 2 aromatic carbocycles. The van der Waals surface area contributed by atoms with Crippen LogP contribution in [0.15, 0.2) is 47.5 Å². The Morgan fingerprint density at radius 1 is 1.07 bits per heavy atom. The maximum absolute atomic E-state index is 13.2. The fraction of sp³-hybridized carbons (Fsp3) is 0.381. The molecule has 0 saturated heterocycles. The summed E-state index contributed by atoms with van der Waals surface area (Å²) in [7, 11) is 3.36. The smallest absolute Gasteiger partial charge is 0.191 e. The Bertz CT molecular complexity index is 750. The number of methoxy groups -OCH3 is 1. The van der Waals surface area contributed by atoms with Gasteiger partial charge in [0.1, 0.15) is 5.82 Å². The van der Waals surface area contributed by atoms with Gasteiger partial charge in [-0.2, -0.15) is 0 Å². The zero-order chi connectivity index (χ0) is 19.5. The van der Waals surface area contributed by atoms with Crippen molar-refractivity contribution in [2.75, 3.05) is 27.3 Å². The largest absolute Gasteiger partial charge is 0.493 e. The molecule has 2 rings (SSSR count). The van der Waals surface area contributed by atoms with Crippen molar-refractivity contribution < 1.29 is 13.9 Å². The van der Waals surface area contributed by atoms with Crippen LogP contribution >= 0.6 is 0 Å². The molecular weight excluding hydrogens is 345 g/mol. The van der Waals surface area contributed by atoms with Crippen LogP contribution in [0.1, 0.15) is 24.5 Å². The second-order valence-electron chi connectivity index (χ2n) is 6.07. The van der Waals surface area contributed by atoms with E-state index >= 15 is 0 Å². The lowest BCUT2D eigenvalue weighted by molar-refractivity contribution is 0.294. The molecule has 2 N–H and O–H groups in total. The SMILES string of the molecule is CCCOc1ccc(CNC(=NC)NCCc2cccc(F)c2)cc1OC. The van der Waals surface area contributed by atoms with Crippen molar-refractivity contribution >= 4 is 5.96 Å². The highest BCUT2D eigenvalue weighted by molar-refractivity contribution is 5.79. The highest BCUT2D eigenvalue weighted by Gasteiger charge is 2.06. The summed E-state index contributed by atoms with van der Waals surface area (Å²) in [6.45, 7) is 3.99. The molecule has 0 heterocycles.